The van der Waals surface area contributed by atoms with Crippen LogP contribution in [0.1, 0.15) is 5.48 Å². The Bertz CT molecular complexity index is 3430. The van der Waals surface area contributed by atoms with Gasteiger partial charge in [0, 0.05) is 27.6 Å². The summed E-state index contributed by atoms with van der Waals surface area (Å²) in [6.07, 6.45) is 0. The van der Waals surface area contributed by atoms with Gasteiger partial charge in [0.1, 0.15) is 0 Å². The van der Waals surface area contributed by atoms with Crippen molar-refractivity contribution in [2.24, 2.45) is 0 Å². The van der Waals surface area contributed by atoms with Gasteiger partial charge in [0.15, 0.2) is 13.9 Å². The van der Waals surface area contributed by atoms with Crippen molar-refractivity contribution >= 4 is 67.9 Å². The highest BCUT2D eigenvalue weighted by atomic mass is 28.3. The molecular formula is C57H41N5Si. The molecule has 0 bridgehead atoms. The second-order valence-corrected chi connectivity index (χ2v) is 19.0. The van der Waals surface area contributed by atoms with Crippen molar-refractivity contribution in [3.63, 3.8) is 0 Å². The molecule has 0 aliphatic carbocycles. The van der Waals surface area contributed by atoms with E-state index in [1.165, 1.54) is 0 Å². The van der Waals surface area contributed by atoms with E-state index in [0.29, 0.717) is 5.19 Å². The molecular weight excluding hydrogens is 783 g/mol. The van der Waals surface area contributed by atoms with E-state index in [1.807, 2.05) is 167 Å². The van der Waals surface area contributed by atoms with Gasteiger partial charge in [-0.3, -0.25) is 9.47 Å². The second-order valence-electron chi connectivity index (χ2n) is 15.3. The van der Waals surface area contributed by atoms with Crippen LogP contribution in [-0.2, 0) is 0 Å². The van der Waals surface area contributed by atoms with E-state index in [2.05, 4.69) is 66.7 Å². The van der Waals surface area contributed by atoms with E-state index in [1.54, 1.807) is 0 Å². The minimum atomic E-state index is -3.60. The van der Waals surface area contributed by atoms with Gasteiger partial charge in [-0.15, -0.1) is 0 Å². The van der Waals surface area contributed by atoms with E-state index in [9.17, 15) is 5.48 Å². The molecule has 298 valence electrons. The maximum absolute atomic E-state index is 10.5. The maximum Gasteiger partial charge on any atom is 0.240 e. The summed E-state index contributed by atoms with van der Waals surface area (Å²) in [5, 5.41) is 5.21. The van der Waals surface area contributed by atoms with E-state index in [-0.39, 0.29) is 47.5 Å². The van der Waals surface area contributed by atoms with Gasteiger partial charge in [0.25, 0.3) is 0 Å². The smallest absolute Gasteiger partial charge is 0.240 e. The first kappa shape index (κ1) is 33.5. The zero-order chi connectivity index (χ0) is 45.5. The topological polar surface area (TPSA) is 46.8 Å². The van der Waals surface area contributed by atoms with Crippen molar-refractivity contribution < 1.29 is 5.48 Å². The quantitative estimate of drug-likeness (QED) is 0.102. The van der Waals surface area contributed by atoms with Gasteiger partial charge in [-0.1, -0.05) is 218 Å². The lowest BCUT2D eigenvalue weighted by Crippen LogP contribution is -2.74. The first-order valence-corrected chi connectivity index (χ1v) is 23.0. The fraction of sp³-hybridized carbons (Fsp3) is 0. The highest BCUT2D eigenvalue weighted by molar-refractivity contribution is 7.19. The number of hydrogen-bond acceptors (Lipinski definition) is 4. The Balaban J connectivity index is 1.28. The van der Waals surface area contributed by atoms with Crippen molar-refractivity contribution in [3.05, 3.63) is 249 Å². The summed E-state index contributed by atoms with van der Waals surface area (Å²) in [6.45, 7) is 0. The number of aromatic nitrogens is 4. The molecule has 0 spiro atoms. The fourth-order valence-corrected chi connectivity index (χ4v) is 13.4. The molecule has 0 unspecified atom stereocenters. The molecule has 9 aromatic carbocycles. The maximum atomic E-state index is 10.5. The number of rotatable bonds is 10. The SMILES string of the molecule is [2H]c1c([2H])c(-c2nc(N(c3ccccc3)c3ccccc3-c3ccccc3)nc(-n3c4ccccc4c4ccccc43)n2)c([2H])c([Si](c2ccccc2)(c2ccccc2)c2ccccc2)c1[2H]. The molecule has 11 aromatic rings. The first-order valence-electron chi connectivity index (χ1n) is 23.0. The molecule has 2 heterocycles. The highest BCUT2D eigenvalue weighted by Crippen LogP contribution is 2.40. The van der Waals surface area contributed by atoms with Crippen LogP contribution in [0.25, 0.3) is 50.3 Å². The normalized spacial score (nSPS) is 12.4. The summed E-state index contributed by atoms with van der Waals surface area (Å²) in [6, 6.07) is 73.8. The van der Waals surface area contributed by atoms with Crippen molar-refractivity contribution in [2.75, 3.05) is 4.90 Å². The Morgan fingerprint density at radius 3 is 1.51 bits per heavy atom. The summed E-state index contributed by atoms with van der Waals surface area (Å²) in [5.74, 6) is 0.563. The Morgan fingerprint density at radius 1 is 0.429 bits per heavy atom. The Labute approximate surface area is 373 Å². The Hall–Kier alpha value is -8.19. The Morgan fingerprint density at radius 2 is 0.921 bits per heavy atom. The van der Waals surface area contributed by atoms with Crippen LogP contribution in [0.15, 0.2) is 249 Å². The molecule has 0 aliphatic rings. The standard InChI is InChI=1S/C57H41N5Si/c1-6-23-42(24-7-1)49-35-16-19-38-52(49)61(44-26-8-2-9-27-44)56-58-55(59-57(60-56)62-53-39-20-17-36-50(53)51-37-18-21-40-54(51)62)43-25-22-34-48(41-43)63(45-28-10-3-11-29-45,46-30-12-4-13-31-46)47-32-14-5-15-33-47/h1-41H/i22D,25D,34D,41D. The molecule has 5 nitrogen and oxygen atoms in total. The van der Waals surface area contributed by atoms with Crippen LogP contribution in [0.2, 0.25) is 0 Å². The number of fused-ring (bicyclic) bond motifs is 3. The van der Waals surface area contributed by atoms with E-state index >= 15 is 0 Å². The zero-order valence-electron chi connectivity index (χ0n) is 38.1. The number of benzene rings is 9. The fourth-order valence-electron chi connectivity index (χ4n) is 8.91. The van der Waals surface area contributed by atoms with Gasteiger partial charge in [-0.05, 0) is 56.6 Å². The van der Waals surface area contributed by atoms with Crippen molar-refractivity contribution in [1.82, 2.24) is 19.5 Å². The number of anilines is 3. The molecule has 0 atom stereocenters. The molecule has 0 N–H and O–H groups in total. The largest absolute Gasteiger partial charge is 0.278 e. The van der Waals surface area contributed by atoms with Crippen LogP contribution in [0.3, 0.4) is 0 Å². The summed E-state index contributed by atoms with van der Waals surface area (Å²) in [7, 11) is -3.60. The van der Waals surface area contributed by atoms with Crippen LogP contribution in [-0.4, -0.2) is 27.6 Å². The third-order valence-corrected chi connectivity index (χ3v) is 16.3. The molecule has 0 amide bonds. The second kappa shape index (κ2) is 16.3. The molecule has 11 rings (SSSR count). The van der Waals surface area contributed by atoms with E-state index < -0.39 is 8.07 Å². The number of nitrogens with zero attached hydrogens (tertiary/aromatic N) is 5. The van der Waals surface area contributed by atoms with Gasteiger partial charge < -0.3 is 0 Å². The first-order chi connectivity index (χ1) is 32.9. The zero-order valence-corrected chi connectivity index (χ0v) is 35.1. The van der Waals surface area contributed by atoms with Gasteiger partial charge in [0.05, 0.1) is 22.2 Å². The molecule has 0 aliphatic heterocycles. The Kier molecular flexibility index (Phi) is 8.70. The third kappa shape index (κ3) is 6.70. The van der Waals surface area contributed by atoms with Gasteiger partial charge in [-0.2, -0.15) is 15.0 Å². The molecule has 63 heavy (non-hydrogen) atoms. The van der Waals surface area contributed by atoms with Crippen LogP contribution in [0.5, 0.6) is 0 Å². The van der Waals surface area contributed by atoms with Crippen LogP contribution in [0.4, 0.5) is 17.3 Å². The molecule has 2 aromatic heterocycles. The number of para-hydroxylation sites is 4. The number of hydrogen-bond donors (Lipinski definition) is 0. The van der Waals surface area contributed by atoms with Crippen LogP contribution >= 0.6 is 0 Å². The molecule has 0 saturated carbocycles. The van der Waals surface area contributed by atoms with Crippen molar-refractivity contribution in [1.29, 1.82) is 0 Å². The van der Waals surface area contributed by atoms with Gasteiger partial charge >= 0.3 is 0 Å². The molecule has 0 fully saturated rings. The lowest BCUT2D eigenvalue weighted by atomic mass is 10.0. The third-order valence-electron chi connectivity index (χ3n) is 11.7. The predicted octanol–water partition coefficient (Wildman–Crippen LogP) is 11.1. The minimum absolute atomic E-state index is 0.0434. The van der Waals surface area contributed by atoms with Crippen molar-refractivity contribution in [3.8, 4) is 28.5 Å². The van der Waals surface area contributed by atoms with Gasteiger partial charge in [-0.25, -0.2) is 0 Å². The molecule has 0 radical (unpaired) electrons. The van der Waals surface area contributed by atoms with Crippen LogP contribution < -0.4 is 25.6 Å². The molecule has 6 heteroatoms. The lowest BCUT2D eigenvalue weighted by Gasteiger charge is -2.34. The summed E-state index contributed by atoms with van der Waals surface area (Å²) < 4.78 is 41.8. The summed E-state index contributed by atoms with van der Waals surface area (Å²) >= 11 is 0. The summed E-state index contributed by atoms with van der Waals surface area (Å²) in [4.78, 5) is 18.0. The average Bonchev–Trinajstić information content (AvgIpc) is 3.73. The monoisotopic (exact) mass is 827 g/mol. The predicted molar refractivity (Wildman–Crippen MR) is 263 cm³/mol. The van der Waals surface area contributed by atoms with Crippen LogP contribution in [0, 0.1) is 0 Å². The average molecular weight is 828 g/mol. The van der Waals surface area contributed by atoms with Gasteiger partial charge in [0.2, 0.25) is 11.9 Å². The van der Waals surface area contributed by atoms with E-state index in [0.717, 1.165) is 59.9 Å². The molecule has 0 saturated heterocycles. The highest BCUT2D eigenvalue weighted by Gasteiger charge is 2.41. The summed E-state index contributed by atoms with van der Waals surface area (Å²) in [5.41, 5.74) is 5.30. The lowest BCUT2D eigenvalue weighted by molar-refractivity contribution is 0.933. The van der Waals surface area contributed by atoms with E-state index in [4.69, 9.17) is 15.0 Å². The van der Waals surface area contributed by atoms with Crippen molar-refractivity contribution in [2.45, 2.75) is 0 Å². The minimum Gasteiger partial charge on any atom is -0.278 e.